The monoisotopic (exact) mass is 283 g/mol. The summed E-state index contributed by atoms with van der Waals surface area (Å²) in [7, 11) is 0. The predicted octanol–water partition coefficient (Wildman–Crippen LogP) is 5.04. The van der Waals surface area contributed by atoms with E-state index in [9.17, 15) is 9.50 Å². The molecule has 0 spiro atoms. The summed E-state index contributed by atoms with van der Waals surface area (Å²) in [5.41, 5.74) is 3.71. The number of hydrogen-bond acceptors (Lipinski definition) is 3. The van der Waals surface area contributed by atoms with Crippen LogP contribution in [0.5, 0.6) is 5.88 Å². The third kappa shape index (κ3) is 2.63. The quantitative estimate of drug-likeness (QED) is 0.635. The maximum Gasteiger partial charge on any atom is 0.218 e. The van der Waals surface area contributed by atoms with Crippen LogP contribution in [-0.2, 0) is 0 Å². The highest BCUT2D eigenvalue weighted by molar-refractivity contribution is 5.94. The molecule has 0 aliphatic heterocycles. The number of aryl methyl sites for hydroxylation is 2. The summed E-state index contributed by atoms with van der Waals surface area (Å²) >= 11 is 0. The number of hydrogen-bond donors (Lipinski definition) is 2. The van der Waals surface area contributed by atoms with E-state index in [-0.39, 0.29) is 17.4 Å². The normalized spacial score (nSPS) is 11.6. The van der Waals surface area contributed by atoms with Crippen molar-refractivity contribution in [2.24, 2.45) is 10.2 Å². The third-order valence-electron chi connectivity index (χ3n) is 3.19. The van der Waals surface area contributed by atoms with Crippen LogP contribution in [0.25, 0.3) is 10.9 Å². The van der Waals surface area contributed by atoms with Crippen molar-refractivity contribution in [2.45, 2.75) is 13.8 Å². The van der Waals surface area contributed by atoms with Crippen molar-refractivity contribution in [3.8, 4) is 5.88 Å². The molecule has 0 fully saturated rings. The number of H-pyrrole nitrogens is 1. The van der Waals surface area contributed by atoms with Crippen LogP contribution in [0.2, 0.25) is 0 Å². The van der Waals surface area contributed by atoms with E-state index in [4.69, 9.17) is 0 Å². The first-order valence-corrected chi connectivity index (χ1v) is 6.53. The van der Waals surface area contributed by atoms with Crippen LogP contribution in [0.3, 0.4) is 0 Å². The highest BCUT2D eigenvalue weighted by atomic mass is 19.1. The molecular formula is C16H14FN3O. The summed E-state index contributed by atoms with van der Waals surface area (Å²) in [5.74, 6) is -0.506. The fourth-order valence-electron chi connectivity index (χ4n) is 2.35. The molecule has 21 heavy (non-hydrogen) atoms. The third-order valence-corrected chi connectivity index (χ3v) is 3.19. The Labute approximate surface area is 121 Å². The van der Waals surface area contributed by atoms with E-state index >= 15 is 0 Å². The van der Waals surface area contributed by atoms with Gasteiger partial charge in [0, 0.05) is 5.39 Å². The lowest BCUT2D eigenvalue weighted by molar-refractivity contribution is 0.459. The predicted molar refractivity (Wildman–Crippen MR) is 80.0 cm³/mol. The smallest absolute Gasteiger partial charge is 0.218 e. The average molecular weight is 283 g/mol. The first-order chi connectivity index (χ1) is 10.0. The molecule has 0 saturated carbocycles. The molecule has 106 valence electrons. The van der Waals surface area contributed by atoms with Gasteiger partial charge in [0.15, 0.2) is 5.69 Å². The molecule has 5 heteroatoms. The molecule has 2 aromatic carbocycles. The first-order valence-electron chi connectivity index (χ1n) is 6.53. The number of aromatic nitrogens is 1. The van der Waals surface area contributed by atoms with E-state index in [0.717, 1.165) is 11.1 Å². The SMILES string of the molecule is Cc1cc(C)cc(N=Nc2c(O)[nH]c3ccc(F)cc23)c1. The summed E-state index contributed by atoms with van der Waals surface area (Å²) in [6.07, 6.45) is 0. The van der Waals surface area contributed by atoms with Crippen LogP contribution >= 0.6 is 0 Å². The molecule has 0 atom stereocenters. The van der Waals surface area contributed by atoms with Crippen LogP contribution in [-0.4, -0.2) is 10.1 Å². The van der Waals surface area contributed by atoms with Gasteiger partial charge in [-0.1, -0.05) is 6.07 Å². The Balaban J connectivity index is 2.06. The second-order valence-corrected chi connectivity index (χ2v) is 5.06. The van der Waals surface area contributed by atoms with Crippen LogP contribution in [0.15, 0.2) is 46.6 Å². The van der Waals surface area contributed by atoms with Gasteiger partial charge in [-0.15, -0.1) is 5.11 Å². The molecule has 4 nitrogen and oxygen atoms in total. The Morgan fingerprint density at radius 2 is 1.71 bits per heavy atom. The van der Waals surface area contributed by atoms with E-state index in [0.29, 0.717) is 16.6 Å². The lowest BCUT2D eigenvalue weighted by Crippen LogP contribution is -1.75. The van der Waals surface area contributed by atoms with Crippen molar-refractivity contribution < 1.29 is 9.50 Å². The molecule has 0 amide bonds. The van der Waals surface area contributed by atoms with Gasteiger partial charge in [0.2, 0.25) is 5.88 Å². The molecule has 0 aliphatic rings. The van der Waals surface area contributed by atoms with Crippen LogP contribution in [0, 0.1) is 19.7 Å². The summed E-state index contributed by atoms with van der Waals surface area (Å²) < 4.78 is 13.3. The summed E-state index contributed by atoms with van der Waals surface area (Å²) in [4.78, 5) is 2.75. The van der Waals surface area contributed by atoms with Crippen molar-refractivity contribution >= 4 is 22.3 Å². The standard InChI is InChI=1S/C16H14FN3O/c1-9-5-10(2)7-12(6-9)19-20-15-13-8-11(17)3-4-14(13)18-16(15)21/h3-8,18,21H,1-2H3. The number of rotatable bonds is 2. The van der Waals surface area contributed by atoms with Crippen molar-refractivity contribution in [2.75, 3.05) is 0 Å². The van der Waals surface area contributed by atoms with Crippen molar-refractivity contribution in [1.82, 2.24) is 4.98 Å². The number of nitrogens with one attached hydrogen (secondary N) is 1. The summed E-state index contributed by atoms with van der Waals surface area (Å²) in [6, 6.07) is 10.0. The number of benzene rings is 2. The van der Waals surface area contributed by atoms with E-state index in [1.165, 1.54) is 12.1 Å². The van der Waals surface area contributed by atoms with Crippen LogP contribution < -0.4 is 0 Å². The fourth-order valence-corrected chi connectivity index (χ4v) is 2.35. The maximum atomic E-state index is 13.3. The fraction of sp³-hybridized carbons (Fsp3) is 0.125. The van der Waals surface area contributed by atoms with Gasteiger partial charge in [-0.3, -0.25) is 0 Å². The molecule has 0 aliphatic carbocycles. The van der Waals surface area contributed by atoms with Gasteiger partial charge in [0.1, 0.15) is 5.82 Å². The largest absolute Gasteiger partial charge is 0.493 e. The topological polar surface area (TPSA) is 60.7 Å². The Hall–Kier alpha value is -2.69. The summed E-state index contributed by atoms with van der Waals surface area (Å²) in [5, 5.41) is 18.6. The van der Waals surface area contributed by atoms with E-state index < -0.39 is 0 Å². The number of nitrogens with zero attached hydrogens (tertiary/aromatic N) is 2. The molecule has 1 aromatic heterocycles. The number of aromatic amines is 1. The molecular weight excluding hydrogens is 269 g/mol. The number of azo groups is 1. The number of aromatic hydroxyl groups is 1. The molecule has 3 aromatic rings. The second kappa shape index (κ2) is 5.01. The zero-order valence-electron chi connectivity index (χ0n) is 11.7. The first kappa shape index (κ1) is 13.3. The van der Waals surface area contributed by atoms with Crippen LogP contribution in [0.1, 0.15) is 11.1 Å². The van der Waals surface area contributed by atoms with Gasteiger partial charge in [0.05, 0.1) is 11.2 Å². The second-order valence-electron chi connectivity index (χ2n) is 5.06. The zero-order chi connectivity index (χ0) is 15.0. The molecule has 1 heterocycles. The Kier molecular flexibility index (Phi) is 3.17. The Bertz CT molecular complexity index is 832. The molecule has 0 radical (unpaired) electrons. The van der Waals surface area contributed by atoms with Gasteiger partial charge >= 0.3 is 0 Å². The highest BCUT2D eigenvalue weighted by Crippen LogP contribution is 2.36. The minimum atomic E-state index is -0.385. The van der Waals surface area contributed by atoms with Crippen molar-refractivity contribution in [1.29, 1.82) is 0 Å². The lowest BCUT2D eigenvalue weighted by Gasteiger charge is -1.98. The molecule has 0 unspecified atom stereocenters. The number of fused-ring (bicyclic) bond motifs is 1. The van der Waals surface area contributed by atoms with E-state index in [1.54, 1.807) is 6.07 Å². The van der Waals surface area contributed by atoms with Crippen molar-refractivity contribution in [3.05, 3.63) is 53.3 Å². The molecule has 0 saturated heterocycles. The molecule has 3 rings (SSSR count). The Morgan fingerprint density at radius 1 is 1.00 bits per heavy atom. The van der Waals surface area contributed by atoms with E-state index in [1.807, 2.05) is 32.0 Å². The minimum Gasteiger partial charge on any atom is -0.493 e. The van der Waals surface area contributed by atoms with Crippen LogP contribution in [0.4, 0.5) is 15.8 Å². The Morgan fingerprint density at radius 3 is 2.43 bits per heavy atom. The average Bonchev–Trinajstić information content (AvgIpc) is 2.70. The number of halogens is 1. The van der Waals surface area contributed by atoms with Gasteiger partial charge in [0.25, 0.3) is 0 Å². The highest BCUT2D eigenvalue weighted by Gasteiger charge is 2.11. The van der Waals surface area contributed by atoms with Crippen molar-refractivity contribution in [3.63, 3.8) is 0 Å². The maximum absolute atomic E-state index is 13.3. The van der Waals surface area contributed by atoms with Gasteiger partial charge < -0.3 is 10.1 Å². The van der Waals surface area contributed by atoms with Gasteiger partial charge in [-0.25, -0.2) is 4.39 Å². The molecule has 0 bridgehead atoms. The van der Waals surface area contributed by atoms with E-state index in [2.05, 4.69) is 15.2 Å². The zero-order valence-corrected chi connectivity index (χ0v) is 11.7. The van der Waals surface area contributed by atoms with Gasteiger partial charge in [-0.2, -0.15) is 5.11 Å². The lowest BCUT2D eigenvalue weighted by atomic mass is 10.1. The summed E-state index contributed by atoms with van der Waals surface area (Å²) in [6.45, 7) is 3.95. The van der Waals surface area contributed by atoms with Gasteiger partial charge in [-0.05, 0) is 55.3 Å². The minimum absolute atomic E-state index is 0.122. The molecule has 2 N–H and O–H groups in total.